The molecule has 0 fully saturated rings. The molecule has 0 atom stereocenters. The topological polar surface area (TPSA) is 38.7 Å². The predicted octanol–water partition coefficient (Wildman–Crippen LogP) is 12.8. The second kappa shape index (κ2) is 12.4. The van der Waals surface area contributed by atoms with Crippen molar-refractivity contribution in [1.82, 2.24) is 15.0 Å². The Balaban J connectivity index is 1.14. The standard InChI is InChI=1S/C49H31N3/c1-2-14-34(15-3-1)48-49(52-45-24-11-10-23-44(45)51-48)35-27-25-33(26-28-35)46-40-18-6-8-20-42(40)47(43-21-9-7-19-41(43)46)37-29-36(30-50-31-37)39-22-12-16-32-13-4-5-17-38(32)39/h1-31H. The molecule has 0 aliphatic rings. The van der Waals surface area contributed by atoms with Crippen LogP contribution in [0, 0.1) is 0 Å². The molecule has 0 aliphatic heterocycles. The SMILES string of the molecule is c1ccc(-c2nc3ccccc3nc2-c2ccc(-c3c4ccccc4c(-c4cncc(-c5cccc6ccccc56)c4)c4ccccc34)cc2)cc1. The summed E-state index contributed by atoms with van der Waals surface area (Å²) in [5.41, 5.74) is 12.6. The minimum atomic E-state index is 0.875. The number of aromatic nitrogens is 3. The molecular formula is C49H31N3. The minimum Gasteiger partial charge on any atom is -0.263 e. The summed E-state index contributed by atoms with van der Waals surface area (Å²) in [6, 6.07) is 62.2. The molecule has 242 valence electrons. The maximum Gasteiger partial charge on any atom is 0.0973 e. The summed E-state index contributed by atoms with van der Waals surface area (Å²) in [6.45, 7) is 0. The van der Waals surface area contributed by atoms with E-state index in [4.69, 9.17) is 15.0 Å². The molecule has 2 heterocycles. The number of rotatable bonds is 5. The van der Waals surface area contributed by atoms with Gasteiger partial charge in [-0.3, -0.25) is 4.98 Å². The fourth-order valence-electron chi connectivity index (χ4n) is 7.74. The van der Waals surface area contributed by atoms with Gasteiger partial charge in [-0.25, -0.2) is 9.97 Å². The number of hydrogen-bond acceptors (Lipinski definition) is 3. The van der Waals surface area contributed by atoms with E-state index in [2.05, 4.69) is 146 Å². The van der Waals surface area contributed by atoms with Crippen LogP contribution in [0.1, 0.15) is 0 Å². The quantitative estimate of drug-likeness (QED) is 0.172. The zero-order chi connectivity index (χ0) is 34.4. The maximum absolute atomic E-state index is 5.15. The fraction of sp³-hybridized carbons (Fsp3) is 0. The van der Waals surface area contributed by atoms with Crippen molar-refractivity contribution in [3.63, 3.8) is 0 Å². The van der Waals surface area contributed by atoms with Crippen molar-refractivity contribution in [2.24, 2.45) is 0 Å². The molecule has 0 saturated heterocycles. The van der Waals surface area contributed by atoms with E-state index in [1.54, 1.807) is 0 Å². The Kier molecular flexibility index (Phi) is 7.14. The van der Waals surface area contributed by atoms with Crippen molar-refractivity contribution in [3.05, 3.63) is 188 Å². The van der Waals surface area contributed by atoms with Gasteiger partial charge in [0.15, 0.2) is 0 Å². The summed E-state index contributed by atoms with van der Waals surface area (Å²) in [5, 5.41) is 7.25. The lowest BCUT2D eigenvalue weighted by molar-refractivity contribution is 1.29. The number of nitrogens with zero attached hydrogens (tertiary/aromatic N) is 3. The van der Waals surface area contributed by atoms with Gasteiger partial charge in [-0.05, 0) is 72.8 Å². The van der Waals surface area contributed by atoms with Crippen LogP contribution in [-0.2, 0) is 0 Å². The first kappa shape index (κ1) is 29.9. The first-order valence-electron chi connectivity index (χ1n) is 17.6. The van der Waals surface area contributed by atoms with Crippen LogP contribution in [0.5, 0.6) is 0 Å². The monoisotopic (exact) mass is 661 g/mol. The third-order valence-electron chi connectivity index (χ3n) is 10.1. The van der Waals surface area contributed by atoms with E-state index in [9.17, 15) is 0 Å². The molecule has 0 amide bonds. The average molecular weight is 662 g/mol. The normalized spacial score (nSPS) is 11.5. The molecule has 0 saturated carbocycles. The molecule has 10 rings (SSSR count). The zero-order valence-electron chi connectivity index (χ0n) is 28.2. The molecule has 3 heteroatoms. The Morgan fingerprint density at radius 3 is 1.40 bits per heavy atom. The van der Waals surface area contributed by atoms with Crippen molar-refractivity contribution >= 4 is 43.4 Å². The van der Waals surface area contributed by atoms with E-state index < -0.39 is 0 Å². The highest BCUT2D eigenvalue weighted by Crippen LogP contribution is 2.45. The second-order valence-corrected chi connectivity index (χ2v) is 13.2. The van der Waals surface area contributed by atoms with E-state index in [1.165, 1.54) is 49.0 Å². The number of pyridine rings is 1. The smallest absolute Gasteiger partial charge is 0.0973 e. The maximum atomic E-state index is 5.15. The van der Waals surface area contributed by atoms with E-state index in [-0.39, 0.29) is 0 Å². The summed E-state index contributed by atoms with van der Waals surface area (Å²) in [6.07, 6.45) is 3.99. The summed E-state index contributed by atoms with van der Waals surface area (Å²) in [4.78, 5) is 15.1. The molecular weight excluding hydrogens is 631 g/mol. The highest BCUT2D eigenvalue weighted by Gasteiger charge is 2.19. The molecule has 8 aromatic carbocycles. The first-order valence-corrected chi connectivity index (χ1v) is 17.6. The van der Waals surface area contributed by atoms with E-state index >= 15 is 0 Å². The molecule has 0 unspecified atom stereocenters. The largest absolute Gasteiger partial charge is 0.263 e. The summed E-state index contributed by atoms with van der Waals surface area (Å²) in [5.74, 6) is 0. The summed E-state index contributed by atoms with van der Waals surface area (Å²) >= 11 is 0. The Bertz CT molecular complexity index is 2890. The van der Waals surface area contributed by atoms with Crippen molar-refractivity contribution in [1.29, 1.82) is 0 Å². The van der Waals surface area contributed by atoms with Gasteiger partial charge < -0.3 is 0 Å². The van der Waals surface area contributed by atoms with Crippen LogP contribution in [-0.4, -0.2) is 15.0 Å². The van der Waals surface area contributed by atoms with Gasteiger partial charge in [-0.1, -0.05) is 158 Å². The highest BCUT2D eigenvalue weighted by molar-refractivity contribution is 6.21. The summed E-state index contributed by atoms with van der Waals surface area (Å²) < 4.78 is 0. The average Bonchev–Trinajstić information content (AvgIpc) is 3.22. The first-order chi connectivity index (χ1) is 25.8. The van der Waals surface area contributed by atoms with Gasteiger partial charge >= 0.3 is 0 Å². The van der Waals surface area contributed by atoms with Gasteiger partial charge in [0.1, 0.15) is 0 Å². The second-order valence-electron chi connectivity index (χ2n) is 13.2. The molecule has 3 nitrogen and oxygen atoms in total. The molecule has 0 N–H and O–H groups in total. The van der Waals surface area contributed by atoms with Gasteiger partial charge in [0.25, 0.3) is 0 Å². The molecule has 2 aromatic heterocycles. The van der Waals surface area contributed by atoms with Crippen LogP contribution in [0.4, 0.5) is 0 Å². The Labute approximate surface area is 301 Å². The number of para-hydroxylation sites is 2. The Hall–Kier alpha value is -6.97. The minimum absolute atomic E-state index is 0.875. The van der Waals surface area contributed by atoms with Gasteiger partial charge in [0.05, 0.1) is 22.4 Å². The van der Waals surface area contributed by atoms with Crippen LogP contribution in [0.15, 0.2) is 188 Å². The van der Waals surface area contributed by atoms with Crippen LogP contribution in [0.2, 0.25) is 0 Å². The van der Waals surface area contributed by atoms with Crippen molar-refractivity contribution < 1.29 is 0 Å². The Morgan fingerprint density at radius 2 is 0.769 bits per heavy atom. The van der Waals surface area contributed by atoms with Crippen LogP contribution < -0.4 is 0 Å². The molecule has 52 heavy (non-hydrogen) atoms. The third kappa shape index (κ3) is 5.02. The molecule has 0 bridgehead atoms. The molecule has 0 aliphatic carbocycles. The molecule has 10 aromatic rings. The van der Waals surface area contributed by atoms with E-state index in [1.807, 2.05) is 42.7 Å². The van der Waals surface area contributed by atoms with Crippen molar-refractivity contribution in [3.8, 4) is 55.9 Å². The van der Waals surface area contributed by atoms with Crippen LogP contribution in [0.3, 0.4) is 0 Å². The van der Waals surface area contributed by atoms with Crippen LogP contribution in [0.25, 0.3) is 99.2 Å². The summed E-state index contributed by atoms with van der Waals surface area (Å²) in [7, 11) is 0. The zero-order valence-corrected chi connectivity index (χ0v) is 28.2. The Morgan fingerprint density at radius 1 is 0.308 bits per heavy atom. The van der Waals surface area contributed by atoms with E-state index in [0.29, 0.717) is 0 Å². The van der Waals surface area contributed by atoms with E-state index in [0.717, 1.165) is 50.2 Å². The lowest BCUT2D eigenvalue weighted by Gasteiger charge is -2.18. The molecule has 0 spiro atoms. The number of hydrogen-bond donors (Lipinski definition) is 0. The third-order valence-corrected chi connectivity index (χ3v) is 10.1. The number of benzene rings is 8. The van der Waals surface area contributed by atoms with Gasteiger partial charge in [0, 0.05) is 34.6 Å². The lowest BCUT2D eigenvalue weighted by Crippen LogP contribution is -1.95. The van der Waals surface area contributed by atoms with Crippen molar-refractivity contribution in [2.75, 3.05) is 0 Å². The molecule has 0 radical (unpaired) electrons. The number of fused-ring (bicyclic) bond motifs is 4. The van der Waals surface area contributed by atoms with Gasteiger partial charge in [-0.2, -0.15) is 0 Å². The van der Waals surface area contributed by atoms with Gasteiger partial charge in [0.2, 0.25) is 0 Å². The van der Waals surface area contributed by atoms with Crippen LogP contribution >= 0.6 is 0 Å². The fourth-order valence-corrected chi connectivity index (χ4v) is 7.74. The predicted molar refractivity (Wildman–Crippen MR) is 217 cm³/mol. The van der Waals surface area contributed by atoms with Gasteiger partial charge in [-0.15, -0.1) is 0 Å². The van der Waals surface area contributed by atoms with Crippen molar-refractivity contribution in [2.45, 2.75) is 0 Å². The lowest BCUT2D eigenvalue weighted by atomic mass is 9.85. The highest BCUT2D eigenvalue weighted by atomic mass is 14.8.